The van der Waals surface area contributed by atoms with Crippen LogP contribution in [0.1, 0.15) is 12.0 Å². The van der Waals surface area contributed by atoms with Crippen LogP contribution < -0.4 is 0 Å². The molecule has 1 aromatic carbocycles. The summed E-state index contributed by atoms with van der Waals surface area (Å²) < 4.78 is 5.89. The highest BCUT2D eigenvalue weighted by atomic mass is 16.5. The minimum atomic E-state index is -0.553. The molecule has 0 spiro atoms. The molecular weight excluding hydrogens is 248 g/mol. The molecule has 0 heterocycles. The summed E-state index contributed by atoms with van der Waals surface area (Å²) in [5.41, 5.74) is 0.621. The third-order valence-electron chi connectivity index (χ3n) is 7.91. The molecule has 0 aliphatic heterocycles. The van der Waals surface area contributed by atoms with Gasteiger partial charge in [-0.25, -0.2) is 0 Å². The molecule has 5 aliphatic carbocycles. The highest BCUT2D eigenvalue weighted by Gasteiger charge is 2.87. The monoisotopic (exact) mass is 268 g/mol. The van der Waals surface area contributed by atoms with Crippen molar-refractivity contribution >= 4 is 0 Å². The van der Waals surface area contributed by atoms with Gasteiger partial charge < -0.3 is 9.84 Å². The maximum absolute atomic E-state index is 11.7. The van der Waals surface area contributed by atoms with Crippen molar-refractivity contribution in [3.63, 3.8) is 0 Å². The second-order valence-electron chi connectivity index (χ2n) is 7.82. The highest BCUT2D eigenvalue weighted by Crippen LogP contribution is 2.87. The first-order valence-corrected chi connectivity index (χ1v) is 8.09. The third-order valence-corrected chi connectivity index (χ3v) is 7.91. The number of ether oxygens (including phenoxy) is 1. The fourth-order valence-electron chi connectivity index (χ4n) is 7.91. The number of hydrogen-bond donors (Lipinski definition) is 1. The lowest BCUT2D eigenvalue weighted by Gasteiger charge is -2.54. The Morgan fingerprint density at radius 1 is 1.00 bits per heavy atom. The Labute approximate surface area is 119 Å². The molecule has 0 aromatic heterocycles. The number of benzene rings is 1. The van der Waals surface area contributed by atoms with Crippen LogP contribution in [0, 0.1) is 47.3 Å². The lowest BCUT2D eigenvalue weighted by atomic mass is 9.54. The van der Waals surface area contributed by atoms with Gasteiger partial charge in [0.15, 0.2) is 0 Å². The molecule has 20 heavy (non-hydrogen) atoms. The van der Waals surface area contributed by atoms with Crippen molar-refractivity contribution in [1.29, 1.82) is 0 Å². The molecule has 104 valence electrons. The van der Waals surface area contributed by atoms with Gasteiger partial charge >= 0.3 is 0 Å². The zero-order chi connectivity index (χ0) is 13.2. The topological polar surface area (TPSA) is 29.5 Å². The average Bonchev–Trinajstić information content (AvgIpc) is 2.98. The molecule has 6 rings (SSSR count). The lowest BCUT2D eigenvalue weighted by Crippen LogP contribution is -2.57. The van der Waals surface area contributed by atoms with Crippen LogP contribution in [0.15, 0.2) is 30.3 Å². The number of aliphatic hydroxyl groups is 1. The van der Waals surface area contributed by atoms with E-state index in [0.29, 0.717) is 29.8 Å². The molecule has 5 fully saturated rings. The van der Waals surface area contributed by atoms with Crippen molar-refractivity contribution in [2.24, 2.45) is 47.3 Å². The van der Waals surface area contributed by atoms with E-state index in [4.69, 9.17) is 4.74 Å². The number of methoxy groups -OCH3 is 1. The Bertz CT molecular complexity index is 599. The second kappa shape index (κ2) is 3.00. The van der Waals surface area contributed by atoms with E-state index in [1.54, 1.807) is 0 Å². The quantitative estimate of drug-likeness (QED) is 0.891. The van der Waals surface area contributed by atoms with Gasteiger partial charge in [0.25, 0.3) is 0 Å². The standard InChI is InChI=1S/C18H20O2/c1-20-17-13-9-7-10-12-11(9)14(17)16(12)18(19,15(10)13)8-5-3-2-4-6-8/h2-6,9-17,19H,7H2,1H3/t9-,10+,11-,12+,13-,14+,15+,16-,17+,18-/m1/s1. The Kier molecular flexibility index (Phi) is 1.62. The first kappa shape index (κ1) is 10.8. The van der Waals surface area contributed by atoms with Gasteiger partial charge in [0, 0.05) is 18.9 Å². The molecule has 0 saturated heterocycles. The van der Waals surface area contributed by atoms with Crippen LogP contribution >= 0.6 is 0 Å². The van der Waals surface area contributed by atoms with Crippen molar-refractivity contribution in [3.8, 4) is 0 Å². The van der Waals surface area contributed by atoms with Gasteiger partial charge in [0.1, 0.15) is 0 Å². The van der Waals surface area contributed by atoms with Gasteiger partial charge in [-0.15, -0.1) is 0 Å². The summed E-state index contributed by atoms with van der Waals surface area (Å²) in [5.74, 6) is 5.52. The number of fused-ring (bicyclic) bond motifs is 2. The molecule has 10 atom stereocenters. The molecule has 1 aromatic rings. The Morgan fingerprint density at radius 2 is 1.80 bits per heavy atom. The summed E-state index contributed by atoms with van der Waals surface area (Å²) in [6.07, 6.45) is 1.81. The van der Waals surface area contributed by atoms with Crippen molar-refractivity contribution < 1.29 is 9.84 Å². The number of hydrogen-bond acceptors (Lipinski definition) is 2. The summed E-state index contributed by atoms with van der Waals surface area (Å²) in [5, 5.41) is 11.7. The normalized spacial score (nSPS) is 63.2. The Morgan fingerprint density at radius 3 is 2.55 bits per heavy atom. The zero-order valence-electron chi connectivity index (χ0n) is 11.6. The maximum atomic E-state index is 11.7. The van der Waals surface area contributed by atoms with Crippen LogP contribution in [0.3, 0.4) is 0 Å². The van der Waals surface area contributed by atoms with E-state index >= 15 is 0 Å². The van der Waals surface area contributed by atoms with Crippen molar-refractivity contribution in [2.45, 2.75) is 18.1 Å². The van der Waals surface area contributed by atoms with Gasteiger partial charge in [-0.05, 0) is 47.5 Å². The predicted octanol–water partition coefficient (Wildman–Crippen LogP) is 2.28. The molecule has 0 unspecified atom stereocenters. The molecule has 0 amide bonds. The predicted molar refractivity (Wildman–Crippen MR) is 73.7 cm³/mol. The van der Waals surface area contributed by atoms with Gasteiger partial charge in [-0.2, -0.15) is 0 Å². The summed E-state index contributed by atoms with van der Waals surface area (Å²) in [6, 6.07) is 10.5. The Balaban J connectivity index is 1.58. The van der Waals surface area contributed by atoms with Crippen molar-refractivity contribution in [1.82, 2.24) is 0 Å². The smallest absolute Gasteiger partial charge is 0.0965 e. The van der Waals surface area contributed by atoms with Crippen LogP contribution in [0.2, 0.25) is 0 Å². The third kappa shape index (κ3) is 0.791. The molecule has 5 aliphatic rings. The van der Waals surface area contributed by atoms with E-state index in [-0.39, 0.29) is 0 Å². The highest BCUT2D eigenvalue weighted by molar-refractivity contribution is 5.40. The maximum Gasteiger partial charge on any atom is 0.0965 e. The molecule has 2 heteroatoms. The van der Waals surface area contributed by atoms with Crippen LogP contribution in [0.5, 0.6) is 0 Å². The van der Waals surface area contributed by atoms with Crippen LogP contribution in [0.25, 0.3) is 0 Å². The average molecular weight is 268 g/mol. The van der Waals surface area contributed by atoms with Gasteiger partial charge in [0.05, 0.1) is 11.7 Å². The zero-order valence-corrected chi connectivity index (χ0v) is 11.6. The molecule has 2 bridgehead atoms. The van der Waals surface area contributed by atoms with E-state index in [0.717, 1.165) is 23.7 Å². The van der Waals surface area contributed by atoms with E-state index in [2.05, 4.69) is 30.3 Å². The van der Waals surface area contributed by atoms with E-state index in [1.807, 2.05) is 7.11 Å². The summed E-state index contributed by atoms with van der Waals surface area (Å²) in [7, 11) is 1.89. The van der Waals surface area contributed by atoms with Gasteiger partial charge in [-0.3, -0.25) is 0 Å². The van der Waals surface area contributed by atoms with Gasteiger partial charge in [-0.1, -0.05) is 30.3 Å². The van der Waals surface area contributed by atoms with Crippen LogP contribution in [-0.2, 0) is 10.3 Å². The second-order valence-corrected chi connectivity index (χ2v) is 7.82. The lowest BCUT2D eigenvalue weighted by molar-refractivity contribution is -0.183. The SMILES string of the molecule is CO[C@@H]1[C@H]2[C@@H]3[C@H]4C[C@H]5[C@@H]3[C@H]2[C@@](O)(c2ccccc2)[C@@H]5[C@@H]41. The minimum absolute atomic E-state index is 0.438. The van der Waals surface area contributed by atoms with Crippen molar-refractivity contribution in [2.75, 3.05) is 7.11 Å². The van der Waals surface area contributed by atoms with E-state index in [9.17, 15) is 5.11 Å². The molecule has 1 N–H and O–H groups in total. The molecule has 5 saturated carbocycles. The Hall–Kier alpha value is -0.860. The summed E-state index contributed by atoms with van der Waals surface area (Å²) >= 11 is 0. The number of rotatable bonds is 2. The summed E-state index contributed by atoms with van der Waals surface area (Å²) in [6.45, 7) is 0. The summed E-state index contributed by atoms with van der Waals surface area (Å²) in [4.78, 5) is 0. The van der Waals surface area contributed by atoms with Crippen molar-refractivity contribution in [3.05, 3.63) is 35.9 Å². The first-order valence-electron chi connectivity index (χ1n) is 8.09. The first-order chi connectivity index (χ1) is 9.78. The fraction of sp³-hybridized carbons (Fsp3) is 0.667. The van der Waals surface area contributed by atoms with E-state index < -0.39 is 5.60 Å². The largest absolute Gasteiger partial charge is 0.385 e. The van der Waals surface area contributed by atoms with E-state index in [1.165, 1.54) is 12.0 Å². The minimum Gasteiger partial charge on any atom is -0.385 e. The van der Waals surface area contributed by atoms with Gasteiger partial charge in [0.2, 0.25) is 0 Å². The fourth-order valence-corrected chi connectivity index (χ4v) is 7.91. The van der Waals surface area contributed by atoms with Crippen LogP contribution in [0.4, 0.5) is 0 Å². The molecular formula is C18H20O2. The molecule has 0 radical (unpaired) electrons. The van der Waals surface area contributed by atoms with Crippen LogP contribution in [-0.4, -0.2) is 18.3 Å². The molecule has 2 nitrogen and oxygen atoms in total.